The van der Waals surface area contributed by atoms with Crippen LogP contribution in [-0.4, -0.2) is 15.8 Å². The van der Waals surface area contributed by atoms with Crippen molar-refractivity contribution in [3.63, 3.8) is 0 Å². The lowest BCUT2D eigenvalue weighted by molar-refractivity contribution is -0.143. The molecule has 3 nitrogen and oxygen atoms in total. The number of hydrogen-bond acceptors (Lipinski definition) is 2. The van der Waals surface area contributed by atoms with Gasteiger partial charge in [-0.2, -0.15) is 0 Å². The Morgan fingerprint density at radius 3 is 1.75 bits per heavy atom. The van der Waals surface area contributed by atoms with E-state index in [0.717, 1.165) is 30.4 Å². The van der Waals surface area contributed by atoms with Crippen molar-refractivity contribution in [2.45, 2.75) is 32.4 Å². The topological polar surface area (TPSA) is 46.3 Å². The van der Waals surface area contributed by atoms with Crippen molar-refractivity contribution in [2.75, 3.05) is 0 Å². The lowest BCUT2D eigenvalue weighted by atomic mass is 9.67. The number of hydrogen-bond donors (Lipinski definition) is 1. The van der Waals surface area contributed by atoms with E-state index >= 15 is 0 Å². The maximum atomic E-state index is 13.3. The van der Waals surface area contributed by atoms with Gasteiger partial charge in [0.25, 0.3) is 0 Å². The van der Waals surface area contributed by atoms with Gasteiger partial charge in [-0.05, 0) is 24.0 Å². The minimum atomic E-state index is -0.640. The van der Waals surface area contributed by atoms with E-state index in [2.05, 4.69) is 0 Å². The highest BCUT2D eigenvalue weighted by Crippen LogP contribution is 2.43. The molecule has 2 aromatic rings. The molecule has 0 bridgehead atoms. The van der Waals surface area contributed by atoms with Crippen molar-refractivity contribution < 1.29 is 4.79 Å². The second-order valence-corrected chi connectivity index (χ2v) is 6.87. The lowest BCUT2D eigenvalue weighted by Gasteiger charge is -2.42. The van der Waals surface area contributed by atoms with Gasteiger partial charge >= 0.3 is 0 Å². The highest BCUT2D eigenvalue weighted by molar-refractivity contribution is 7.80. The van der Waals surface area contributed by atoms with Crippen LogP contribution in [0.4, 0.5) is 0 Å². The first-order chi connectivity index (χ1) is 11.6. The molecule has 0 radical (unpaired) electrons. The van der Waals surface area contributed by atoms with Gasteiger partial charge in [0.1, 0.15) is 0 Å². The monoisotopic (exact) mass is 338 g/mol. The molecular weight excluding hydrogens is 316 g/mol. The van der Waals surface area contributed by atoms with Gasteiger partial charge in [-0.1, -0.05) is 79.3 Å². The first kappa shape index (κ1) is 16.7. The Hall–Kier alpha value is -2.20. The fourth-order valence-corrected chi connectivity index (χ4v) is 3.50. The van der Waals surface area contributed by atoms with E-state index in [9.17, 15) is 4.79 Å². The molecule has 2 aromatic carbocycles. The maximum absolute atomic E-state index is 13.3. The predicted octanol–water partition coefficient (Wildman–Crippen LogP) is 3.67. The molecule has 0 aromatic heterocycles. The van der Waals surface area contributed by atoms with Gasteiger partial charge in [-0.15, -0.1) is 0 Å². The summed E-state index contributed by atoms with van der Waals surface area (Å²) in [6, 6.07) is 20.1. The van der Waals surface area contributed by atoms with E-state index in [1.54, 1.807) is 0 Å². The normalized spacial score (nSPS) is 15.3. The number of nitrogens with two attached hydrogens (primary N) is 1. The molecule has 0 aliphatic heterocycles. The third kappa shape index (κ3) is 3.34. The molecule has 4 heteroatoms. The van der Waals surface area contributed by atoms with Crippen LogP contribution in [0.15, 0.2) is 60.7 Å². The van der Waals surface area contributed by atoms with Crippen LogP contribution in [-0.2, 0) is 17.9 Å². The highest BCUT2D eigenvalue weighted by atomic mass is 32.1. The molecule has 0 unspecified atom stereocenters. The van der Waals surface area contributed by atoms with E-state index in [1.807, 2.05) is 65.6 Å². The number of carbonyl (C=O) groups excluding carboxylic acids is 1. The molecule has 2 N–H and O–H groups in total. The van der Waals surface area contributed by atoms with Crippen molar-refractivity contribution in [2.24, 2.45) is 11.1 Å². The first-order valence-corrected chi connectivity index (χ1v) is 8.70. The van der Waals surface area contributed by atoms with Crippen molar-refractivity contribution >= 4 is 23.1 Å². The van der Waals surface area contributed by atoms with Crippen molar-refractivity contribution in [3.05, 3.63) is 71.8 Å². The Bertz CT molecular complexity index is 669. The highest BCUT2D eigenvalue weighted by Gasteiger charge is 2.48. The van der Waals surface area contributed by atoms with E-state index in [-0.39, 0.29) is 5.91 Å². The smallest absolute Gasteiger partial charge is 0.236 e. The molecule has 0 saturated heterocycles. The Kier molecular flexibility index (Phi) is 4.95. The predicted molar refractivity (Wildman–Crippen MR) is 100 cm³/mol. The molecule has 0 atom stereocenters. The van der Waals surface area contributed by atoms with Crippen LogP contribution in [0, 0.1) is 5.41 Å². The molecule has 124 valence electrons. The Morgan fingerprint density at radius 1 is 0.958 bits per heavy atom. The van der Waals surface area contributed by atoms with Gasteiger partial charge in [0.2, 0.25) is 5.91 Å². The largest absolute Gasteiger partial charge is 0.392 e. The molecule has 1 aliphatic rings. The number of nitrogens with zero attached hydrogens (tertiary/aromatic N) is 1. The molecule has 24 heavy (non-hydrogen) atoms. The van der Waals surface area contributed by atoms with E-state index in [4.69, 9.17) is 18.0 Å². The Labute approximate surface area is 148 Å². The fourth-order valence-electron chi connectivity index (χ4n) is 3.21. The minimum absolute atomic E-state index is 0.0638. The molecule has 1 fully saturated rings. The summed E-state index contributed by atoms with van der Waals surface area (Å²) in [4.78, 5) is 15.5. The zero-order valence-electron chi connectivity index (χ0n) is 13.7. The molecule has 0 heterocycles. The number of rotatable bonds is 6. The summed E-state index contributed by atoms with van der Waals surface area (Å²) >= 11 is 5.24. The quantitative estimate of drug-likeness (QED) is 0.818. The number of thiocarbonyl (C=S) groups is 1. The summed E-state index contributed by atoms with van der Waals surface area (Å²) in [7, 11) is 0. The SMILES string of the molecule is NC(=S)C1(C(=O)N(Cc2ccccc2)Cc2ccccc2)CCC1. The lowest BCUT2D eigenvalue weighted by Crippen LogP contribution is -2.54. The minimum Gasteiger partial charge on any atom is -0.392 e. The zero-order chi connectivity index (χ0) is 17.0. The van der Waals surface area contributed by atoms with Crippen LogP contribution in [0.5, 0.6) is 0 Å². The van der Waals surface area contributed by atoms with Gasteiger partial charge in [0.05, 0.1) is 10.4 Å². The Morgan fingerprint density at radius 2 is 1.42 bits per heavy atom. The average Bonchev–Trinajstić information content (AvgIpc) is 2.54. The fraction of sp³-hybridized carbons (Fsp3) is 0.300. The van der Waals surface area contributed by atoms with Crippen molar-refractivity contribution in [1.82, 2.24) is 4.90 Å². The van der Waals surface area contributed by atoms with Crippen LogP contribution in [0.2, 0.25) is 0 Å². The van der Waals surface area contributed by atoms with Gasteiger partial charge in [0.15, 0.2) is 0 Å². The number of carbonyl (C=O) groups is 1. The van der Waals surface area contributed by atoms with E-state index in [1.165, 1.54) is 0 Å². The summed E-state index contributed by atoms with van der Waals surface area (Å²) < 4.78 is 0. The first-order valence-electron chi connectivity index (χ1n) is 8.29. The number of benzene rings is 2. The molecule has 0 spiro atoms. The third-order valence-corrected chi connectivity index (χ3v) is 5.20. The summed E-state index contributed by atoms with van der Waals surface area (Å²) in [5.41, 5.74) is 7.52. The molecule has 1 aliphatic carbocycles. The zero-order valence-corrected chi connectivity index (χ0v) is 14.5. The van der Waals surface area contributed by atoms with Crippen LogP contribution in [0.3, 0.4) is 0 Å². The molecule has 3 rings (SSSR count). The van der Waals surface area contributed by atoms with Gasteiger partial charge < -0.3 is 10.6 Å². The van der Waals surface area contributed by atoms with Gasteiger partial charge in [-0.3, -0.25) is 4.79 Å². The van der Waals surface area contributed by atoms with Gasteiger partial charge in [0, 0.05) is 13.1 Å². The van der Waals surface area contributed by atoms with Crippen LogP contribution < -0.4 is 5.73 Å². The Balaban J connectivity index is 1.86. The third-order valence-electron chi connectivity index (χ3n) is 4.81. The van der Waals surface area contributed by atoms with Crippen molar-refractivity contribution in [3.8, 4) is 0 Å². The van der Waals surface area contributed by atoms with Crippen LogP contribution in [0.25, 0.3) is 0 Å². The van der Waals surface area contributed by atoms with Crippen LogP contribution in [0.1, 0.15) is 30.4 Å². The molecule has 1 amide bonds. The maximum Gasteiger partial charge on any atom is 0.236 e. The number of amides is 1. The summed E-state index contributed by atoms with van der Waals surface area (Å²) in [6.07, 6.45) is 2.54. The second-order valence-electron chi connectivity index (χ2n) is 6.43. The van der Waals surface area contributed by atoms with E-state index in [0.29, 0.717) is 18.1 Å². The van der Waals surface area contributed by atoms with E-state index < -0.39 is 5.41 Å². The second kappa shape index (κ2) is 7.14. The van der Waals surface area contributed by atoms with Gasteiger partial charge in [-0.25, -0.2) is 0 Å². The summed E-state index contributed by atoms with van der Waals surface area (Å²) in [6.45, 7) is 1.14. The molecular formula is C20H22N2OS. The molecule has 1 saturated carbocycles. The van der Waals surface area contributed by atoms with Crippen LogP contribution >= 0.6 is 12.2 Å². The summed E-state index contributed by atoms with van der Waals surface area (Å²) in [5, 5.41) is 0. The van der Waals surface area contributed by atoms with Crippen molar-refractivity contribution in [1.29, 1.82) is 0 Å². The average molecular weight is 338 g/mol. The summed E-state index contributed by atoms with van der Waals surface area (Å²) in [5.74, 6) is 0.0638. The standard InChI is InChI=1S/C20H22N2OS/c21-18(24)20(12-7-13-20)19(23)22(14-16-8-3-1-4-9-16)15-17-10-5-2-6-11-17/h1-6,8-11H,7,12-15H2,(H2,21,24).